The Morgan fingerprint density at radius 1 is 1.08 bits per heavy atom. The Balaban J connectivity index is 2.08. The quantitative estimate of drug-likeness (QED) is 0.725. The number of nitrogens with one attached hydrogen (secondary N) is 3. The number of carbonyl (C=O) groups is 3. The van der Waals surface area contributed by atoms with Gasteiger partial charge in [0.1, 0.15) is 6.04 Å². The predicted molar refractivity (Wildman–Crippen MR) is 105 cm³/mol. The van der Waals surface area contributed by atoms with Gasteiger partial charge in [0.15, 0.2) is 0 Å². The van der Waals surface area contributed by atoms with Gasteiger partial charge in [-0.2, -0.15) is 0 Å². The number of thiophene rings is 1. The Morgan fingerprint density at radius 2 is 1.81 bits per heavy atom. The zero-order valence-corrected chi connectivity index (χ0v) is 16.1. The highest BCUT2D eigenvalue weighted by Gasteiger charge is 2.25. The molecule has 2 aromatic rings. The van der Waals surface area contributed by atoms with E-state index in [1.54, 1.807) is 30.3 Å². The van der Waals surface area contributed by atoms with Crippen molar-refractivity contribution in [2.75, 3.05) is 10.6 Å². The van der Waals surface area contributed by atoms with Gasteiger partial charge in [-0.15, -0.1) is 11.3 Å². The summed E-state index contributed by atoms with van der Waals surface area (Å²) in [6.07, 6.45) is 0. The average molecular weight is 373 g/mol. The molecule has 0 saturated carbocycles. The molecular formula is C19H23N3O3S. The van der Waals surface area contributed by atoms with Crippen molar-refractivity contribution in [3.05, 3.63) is 46.2 Å². The van der Waals surface area contributed by atoms with E-state index in [1.807, 2.05) is 26.2 Å². The van der Waals surface area contributed by atoms with Crippen LogP contribution in [0.3, 0.4) is 0 Å². The van der Waals surface area contributed by atoms with Gasteiger partial charge in [-0.3, -0.25) is 14.4 Å². The SMILES string of the molecule is CC(=O)Nc1ccc(NC(=O)C(NC(=O)c2cccs2)C(C)C)cc1C. The van der Waals surface area contributed by atoms with Crippen molar-refractivity contribution in [2.45, 2.75) is 33.7 Å². The van der Waals surface area contributed by atoms with Gasteiger partial charge in [-0.1, -0.05) is 19.9 Å². The van der Waals surface area contributed by atoms with Crippen LogP contribution in [0.15, 0.2) is 35.7 Å². The summed E-state index contributed by atoms with van der Waals surface area (Å²) in [5.41, 5.74) is 2.14. The van der Waals surface area contributed by atoms with E-state index in [4.69, 9.17) is 0 Å². The van der Waals surface area contributed by atoms with Crippen molar-refractivity contribution in [1.29, 1.82) is 0 Å². The molecule has 26 heavy (non-hydrogen) atoms. The summed E-state index contributed by atoms with van der Waals surface area (Å²) in [6.45, 7) is 7.05. The molecule has 0 saturated heterocycles. The van der Waals surface area contributed by atoms with Crippen molar-refractivity contribution in [1.82, 2.24) is 5.32 Å². The van der Waals surface area contributed by atoms with Crippen LogP contribution in [0.25, 0.3) is 0 Å². The van der Waals surface area contributed by atoms with Crippen molar-refractivity contribution in [2.24, 2.45) is 5.92 Å². The van der Waals surface area contributed by atoms with E-state index in [2.05, 4.69) is 16.0 Å². The molecule has 1 aromatic carbocycles. The maximum absolute atomic E-state index is 12.6. The second-order valence-corrected chi connectivity index (χ2v) is 7.32. The molecule has 0 bridgehead atoms. The molecule has 138 valence electrons. The van der Waals surface area contributed by atoms with E-state index in [1.165, 1.54) is 18.3 Å². The van der Waals surface area contributed by atoms with Crippen LogP contribution in [0.2, 0.25) is 0 Å². The summed E-state index contributed by atoms with van der Waals surface area (Å²) in [5, 5.41) is 10.2. The maximum Gasteiger partial charge on any atom is 0.262 e. The summed E-state index contributed by atoms with van der Waals surface area (Å²) >= 11 is 1.33. The second kappa shape index (κ2) is 8.62. The summed E-state index contributed by atoms with van der Waals surface area (Å²) in [7, 11) is 0. The summed E-state index contributed by atoms with van der Waals surface area (Å²) in [6, 6.07) is 8.10. The molecule has 1 heterocycles. The van der Waals surface area contributed by atoms with Crippen molar-refractivity contribution in [3.63, 3.8) is 0 Å². The minimum Gasteiger partial charge on any atom is -0.339 e. The standard InChI is InChI=1S/C19H23N3O3S/c1-11(2)17(22-18(24)16-6-5-9-26-16)19(25)21-14-7-8-15(12(3)10-14)20-13(4)23/h5-11,17H,1-4H3,(H,20,23)(H,21,25)(H,22,24). The molecule has 6 nitrogen and oxygen atoms in total. The molecule has 0 aliphatic heterocycles. The highest BCUT2D eigenvalue weighted by atomic mass is 32.1. The zero-order valence-electron chi connectivity index (χ0n) is 15.3. The van der Waals surface area contributed by atoms with Gasteiger partial charge >= 0.3 is 0 Å². The first kappa shape index (κ1) is 19.7. The highest BCUT2D eigenvalue weighted by molar-refractivity contribution is 7.12. The molecule has 0 fully saturated rings. The van der Waals surface area contributed by atoms with Crippen molar-refractivity contribution < 1.29 is 14.4 Å². The van der Waals surface area contributed by atoms with Gasteiger partial charge in [-0.05, 0) is 48.1 Å². The molecule has 0 spiro atoms. The topological polar surface area (TPSA) is 87.3 Å². The van der Waals surface area contributed by atoms with Crippen LogP contribution >= 0.6 is 11.3 Å². The van der Waals surface area contributed by atoms with Gasteiger partial charge < -0.3 is 16.0 Å². The molecule has 1 aromatic heterocycles. The first-order valence-electron chi connectivity index (χ1n) is 8.31. The molecule has 3 amide bonds. The number of benzene rings is 1. The van der Waals surface area contributed by atoms with E-state index in [0.29, 0.717) is 16.3 Å². The molecule has 1 unspecified atom stereocenters. The Morgan fingerprint density at radius 3 is 2.35 bits per heavy atom. The lowest BCUT2D eigenvalue weighted by Crippen LogP contribution is -2.46. The first-order chi connectivity index (χ1) is 12.3. The molecule has 1 atom stereocenters. The number of rotatable bonds is 6. The minimum absolute atomic E-state index is 0.0707. The number of carbonyl (C=O) groups excluding carboxylic acids is 3. The number of aryl methyl sites for hydroxylation is 1. The minimum atomic E-state index is -0.653. The molecule has 0 radical (unpaired) electrons. The predicted octanol–water partition coefficient (Wildman–Crippen LogP) is 3.41. The smallest absolute Gasteiger partial charge is 0.262 e. The summed E-state index contributed by atoms with van der Waals surface area (Å²) < 4.78 is 0. The molecule has 2 rings (SSSR count). The molecule has 3 N–H and O–H groups in total. The van der Waals surface area contributed by atoms with Crippen LogP contribution in [0.1, 0.15) is 36.0 Å². The Hall–Kier alpha value is -2.67. The molecular weight excluding hydrogens is 350 g/mol. The normalized spacial score (nSPS) is 11.7. The second-order valence-electron chi connectivity index (χ2n) is 6.37. The largest absolute Gasteiger partial charge is 0.339 e. The summed E-state index contributed by atoms with van der Waals surface area (Å²) in [5.74, 6) is -0.762. The van der Waals surface area contributed by atoms with Gasteiger partial charge in [0, 0.05) is 18.3 Å². The third kappa shape index (κ3) is 5.16. The lowest BCUT2D eigenvalue weighted by Gasteiger charge is -2.21. The molecule has 0 aliphatic rings. The Bertz CT molecular complexity index is 800. The van der Waals surface area contributed by atoms with Crippen molar-refractivity contribution in [3.8, 4) is 0 Å². The average Bonchev–Trinajstić information content (AvgIpc) is 3.08. The van der Waals surface area contributed by atoms with E-state index in [0.717, 1.165) is 5.56 Å². The van der Waals surface area contributed by atoms with E-state index < -0.39 is 6.04 Å². The fraction of sp³-hybridized carbons (Fsp3) is 0.316. The lowest BCUT2D eigenvalue weighted by atomic mass is 10.0. The molecule has 0 aliphatic carbocycles. The van der Waals surface area contributed by atoms with E-state index in [9.17, 15) is 14.4 Å². The van der Waals surface area contributed by atoms with Gasteiger partial charge in [0.05, 0.1) is 4.88 Å². The van der Waals surface area contributed by atoms with Crippen LogP contribution in [0.4, 0.5) is 11.4 Å². The first-order valence-corrected chi connectivity index (χ1v) is 9.19. The maximum atomic E-state index is 12.6. The van der Waals surface area contributed by atoms with E-state index in [-0.39, 0.29) is 23.6 Å². The van der Waals surface area contributed by atoms with Crippen LogP contribution in [0.5, 0.6) is 0 Å². The third-order valence-electron chi connectivity index (χ3n) is 3.79. The summed E-state index contributed by atoms with van der Waals surface area (Å²) in [4.78, 5) is 36.6. The Kier molecular flexibility index (Phi) is 6.52. The lowest BCUT2D eigenvalue weighted by molar-refractivity contribution is -0.119. The van der Waals surface area contributed by atoms with Gasteiger partial charge in [0.25, 0.3) is 5.91 Å². The van der Waals surface area contributed by atoms with E-state index >= 15 is 0 Å². The number of amides is 3. The number of anilines is 2. The van der Waals surface area contributed by atoms with Gasteiger partial charge in [0.2, 0.25) is 11.8 Å². The monoisotopic (exact) mass is 373 g/mol. The Labute approximate surface area is 157 Å². The number of hydrogen-bond donors (Lipinski definition) is 3. The van der Waals surface area contributed by atoms with Crippen LogP contribution in [0, 0.1) is 12.8 Å². The van der Waals surface area contributed by atoms with Crippen LogP contribution in [-0.4, -0.2) is 23.8 Å². The van der Waals surface area contributed by atoms with Crippen molar-refractivity contribution >= 4 is 40.4 Å². The molecule has 7 heteroatoms. The fourth-order valence-electron chi connectivity index (χ4n) is 2.45. The zero-order chi connectivity index (χ0) is 19.3. The van der Waals surface area contributed by atoms with Gasteiger partial charge in [-0.25, -0.2) is 0 Å². The highest BCUT2D eigenvalue weighted by Crippen LogP contribution is 2.20. The number of hydrogen-bond acceptors (Lipinski definition) is 4. The third-order valence-corrected chi connectivity index (χ3v) is 4.65. The van der Waals surface area contributed by atoms with Crippen LogP contribution in [-0.2, 0) is 9.59 Å². The fourth-order valence-corrected chi connectivity index (χ4v) is 3.07. The van der Waals surface area contributed by atoms with Crippen LogP contribution < -0.4 is 16.0 Å².